The van der Waals surface area contributed by atoms with Crippen LogP contribution in [0, 0.1) is 12.7 Å². The SMILES string of the molecule is Cc1ccc(C(=O)NC(C)c2ccc(F)c(Cl)c2)cc1S(=O)(=O)N1CCOCC1. The second-order valence-electron chi connectivity index (χ2n) is 6.87. The number of amides is 1. The topological polar surface area (TPSA) is 75.7 Å². The summed E-state index contributed by atoms with van der Waals surface area (Å²) in [6, 6.07) is 8.36. The zero-order chi connectivity index (χ0) is 21.2. The van der Waals surface area contributed by atoms with Crippen molar-refractivity contribution in [3.05, 3.63) is 63.9 Å². The van der Waals surface area contributed by atoms with Crippen LogP contribution in [0.25, 0.3) is 0 Å². The van der Waals surface area contributed by atoms with Crippen molar-refractivity contribution in [1.82, 2.24) is 9.62 Å². The first-order chi connectivity index (χ1) is 13.7. The van der Waals surface area contributed by atoms with Gasteiger partial charge >= 0.3 is 0 Å². The van der Waals surface area contributed by atoms with Crippen LogP contribution in [0.3, 0.4) is 0 Å². The molecule has 1 atom stereocenters. The molecule has 156 valence electrons. The Labute approximate surface area is 174 Å². The molecule has 3 rings (SSSR count). The fraction of sp³-hybridized carbons (Fsp3) is 0.350. The number of benzene rings is 2. The molecule has 0 spiro atoms. The number of morpholine rings is 1. The van der Waals surface area contributed by atoms with Gasteiger partial charge in [-0.1, -0.05) is 23.7 Å². The molecule has 1 fully saturated rings. The van der Waals surface area contributed by atoms with Gasteiger partial charge in [0.25, 0.3) is 5.91 Å². The smallest absolute Gasteiger partial charge is 0.251 e. The van der Waals surface area contributed by atoms with E-state index in [-0.39, 0.29) is 28.6 Å². The van der Waals surface area contributed by atoms with Crippen molar-refractivity contribution in [1.29, 1.82) is 0 Å². The summed E-state index contributed by atoms with van der Waals surface area (Å²) in [4.78, 5) is 12.8. The highest BCUT2D eigenvalue weighted by Gasteiger charge is 2.28. The average Bonchev–Trinajstić information content (AvgIpc) is 2.70. The van der Waals surface area contributed by atoms with E-state index in [9.17, 15) is 17.6 Å². The largest absolute Gasteiger partial charge is 0.379 e. The van der Waals surface area contributed by atoms with Crippen LogP contribution in [0.1, 0.15) is 34.5 Å². The van der Waals surface area contributed by atoms with E-state index in [1.807, 2.05) is 0 Å². The Morgan fingerprint density at radius 1 is 1.21 bits per heavy atom. The third kappa shape index (κ3) is 4.78. The van der Waals surface area contributed by atoms with E-state index in [0.717, 1.165) is 0 Å². The van der Waals surface area contributed by atoms with Gasteiger partial charge < -0.3 is 10.1 Å². The van der Waals surface area contributed by atoms with Crippen LogP contribution in [-0.2, 0) is 14.8 Å². The van der Waals surface area contributed by atoms with Gasteiger partial charge in [-0.3, -0.25) is 4.79 Å². The number of ether oxygens (including phenoxy) is 1. The van der Waals surface area contributed by atoms with E-state index in [0.29, 0.717) is 24.3 Å². The second-order valence-corrected chi connectivity index (χ2v) is 9.18. The molecular weight excluding hydrogens is 419 g/mol. The quantitative estimate of drug-likeness (QED) is 0.774. The van der Waals surface area contributed by atoms with Crippen LogP contribution >= 0.6 is 11.6 Å². The zero-order valence-corrected chi connectivity index (χ0v) is 17.7. The summed E-state index contributed by atoms with van der Waals surface area (Å²) in [6.45, 7) is 4.67. The molecule has 9 heteroatoms. The lowest BCUT2D eigenvalue weighted by atomic mass is 10.1. The van der Waals surface area contributed by atoms with Gasteiger partial charge in [0.15, 0.2) is 0 Å². The Balaban J connectivity index is 1.82. The number of carbonyl (C=O) groups excluding carboxylic acids is 1. The Hall–Kier alpha value is -2.00. The normalized spacial score (nSPS) is 16.4. The van der Waals surface area contributed by atoms with Gasteiger partial charge in [-0.2, -0.15) is 4.31 Å². The highest BCUT2D eigenvalue weighted by atomic mass is 35.5. The summed E-state index contributed by atoms with van der Waals surface area (Å²) in [7, 11) is -3.73. The van der Waals surface area contributed by atoms with Crippen LogP contribution < -0.4 is 5.32 Å². The number of aryl methyl sites for hydroxylation is 1. The monoisotopic (exact) mass is 440 g/mol. The summed E-state index contributed by atoms with van der Waals surface area (Å²) in [5, 5.41) is 2.76. The molecule has 0 bridgehead atoms. The molecule has 1 aliphatic rings. The summed E-state index contributed by atoms with van der Waals surface area (Å²) >= 11 is 5.81. The molecule has 6 nitrogen and oxygen atoms in total. The Morgan fingerprint density at radius 2 is 1.90 bits per heavy atom. The highest BCUT2D eigenvalue weighted by molar-refractivity contribution is 7.89. The summed E-state index contributed by atoms with van der Waals surface area (Å²) in [6.07, 6.45) is 0. The Morgan fingerprint density at radius 3 is 2.55 bits per heavy atom. The van der Waals surface area contributed by atoms with E-state index in [1.54, 1.807) is 26.0 Å². The lowest BCUT2D eigenvalue weighted by Gasteiger charge is -2.27. The molecule has 1 heterocycles. The zero-order valence-electron chi connectivity index (χ0n) is 16.1. The molecule has 2 aromatic rings. The molecule has 0 saturated carbocycles. The van der Waals surface area contributed by atoms with E-state index >= 15 is 0 Å². The van der Waals surface area contributed by atoms with Crippen LogP contribution in [-0.4, -0.2) is 44.9 Å². The minimum absolute atomic E-state index is 0.0298. The Bertz CT molecular complexity index is 1020. The molecule has 1 aliphatic heterocycles. The van der Waals surface area contributed by atoms with Crippen LogP contribution in [0.15, 0.2) is 41.3 Å². The van der Waals surface area contributed by atoms with E-state index in [4.69, 9.17) is 16.3 Å². The van der Waals surface area contributed by atoms with Crippen LogP contribution in [0.5, 0.6) is 0 Å². The van der Waals surface area contributed by atoms with Gasteiger partial charge in [0, 0.05) is 18.7 Å². The highest BCUT2D eigenvalue weighted by Crippen LogP contribution is 2.24. The minimum atomic E-state index is -3.73. The summed E-state index contributed by atoms with van der Waals surface area (Å²) < 4.78 is 45.9. The minimum Gasteiger partial charge on any atom is -0.379 e. The van der Waals surface area contributed by atoms with Gasteiger partial charge in [-0.15, -0.1) is 0 Å². The van der Waals surface area contributed by atoms with Crippen molar-refractivity contribution in [2.24, 2.45) is 0 Å². The number of sulfonamides is 1. The number of nitrogens with zero attached hydrogens (tertiary/aromatic N) is 1. The standard InChI is InChI=1S/C20H22ClFN2O4S/c1-13-3-4-16(12-19(13)29(26,27)24-7-9-28-10-8-24)20(25)23-14(2)15-5-6-18(22)17(21)11-15/h3-6,11-12,14H,7-10H2,1-2H3,(H,23,25). The summed E-state index contributed by atoms with van der Waals surface area (Å²) in [5.41, 5.74) is 1.42. The van der Waals surface area contributed by atoms with Crippen molar-refractivity contribution < 1.29 is 22.3 Å². The Kier molecular flexibility index (Phi) is 6.58. The lowest BCUT2D eigenvalue weighted by Crippen LogP contribution is -2.41. The molecule has 1 saturated heterocycles. The third-order valence-electron chi connectivity index (χ3n) is 4.83. The predicted molar refractivity (Wildman–Crippen MR) is 108 cm³/mol. The van der Waals surface area contributed by atoms with Crippen molar-refractivity contribution in [2.75, 3.05) is 26.3 Å². The number of rotatable bonds is 5. The first-order valence-electron chi connectivity index (χ1n) is 9.14. The lowest BCUT2D eigenvalue weighted by molar-refractivity contribution is 0.0730. The molecular formula is C20H22ClFN2O4S. The van der Waals surface area contributed by atoms with Crippen molar-refractivity contribution in [2.45, 2.75) is 24.8 Å². The molecule has 0 radical (unpaired) electrons. The maximum Gasteiger partial charge on any atom is 0.251 e. The maximum absolute atomic E-state index is 13.3. The van der Waals surface area contributed by atoms with Gasteiger partial charge in [0.1, 0.15) is 5.82 Å². The molecule has 1 amide bonds. The van der Waals surface area contributed by atoms with E-state index in [1.165, 1.54) is 28.6 Å². The number of hydrogen-bond acceptors (Lipinski definition) is 4. The van der Waals surface area contributed by atoms with E-state index < -0.39 is 27.8 Å². The second kappa shape index (κ2) is 8.79. The predicted octanol–water partition coefficient (Wildman–Crippen LogP) is 3.30. The number of halogens is 2. The van der Waals surface area contributed by atoms with Gasteiger partial charge in [-0.25, -0.2) is 12.8 Å². The number of hydrogen-bond donors (Lipinski definition) is 1. The third-order valence-corrected chi connectivity index (χ3v) is 7.16. The van der Waals surface area contributed by atoms with Gasteiger partial charge in [-0.05, 0) is 49.2 Å². The molecule has 1 N–H and O–H groups in total. The molecule has 2 aromatic carbocycles. The van der Waals surface area contributed by atoms with Crippen molar-refractivity contribution in [3.63, 3.8) is 0 Å². The molecule has 1 unspecified atom stereocenters. The van der Waals surface area contributed by atoms with Crippen molar-refractivity contribution >= 4 is 27.5 Å². The summed E-state index contributed by atoms with van der Waals surface area (Å²) in [5.74, 6) is -0.971. The average molecular weight is 441 g/mol. The van der Waals surface area contributed by atoms with Crippen LogP contribution in [0.2, 0.25) is 5.02 Å². The molecule has 0 aliphatic carbocycles. The first kappa shape index (κ1) is 21.7. The maximum atomic E-state index is 13.3. The molecule has 0 aromatic heterocycles. The first-order valence-corrected chi connectivity index (χ1v) is 11.0. The number of nitrogens with one attached hydrogen (secondary N) is 1. The fourth-order valence-corrected chi connectivity index (χ4v) is 4.94. The van der Waals surface area contributed by atoms with Crippen LogP contribution in [0.4, 0.5) is 4.39 Å². The van der Waals surface area contributed by atoms with Gasteiger partial charge in [0.2, 0.25) is 10.0 Å². The van der Waals surface area contributed by atoms with Crippen molar-refractivity contribution in [3.8, 4) is 0 Å². The fourth-order valence-electron chi connectivity index (χ4n) is 3.09. The molecule has 29 heavy (non-hydrogen) atoms. The number of carbonyl (C=O) groups is 1. The van der Waals surface area contributed by atoms with E-state index in [2.05, 4.69) is 5.32 Å². The van der Waals surface area contributed by atoms with Gasteiger partial charge in [0.05, 0.1) is 29.2 Å².